The Morgan fingerprint density at radius 1 is 1.20 bits per heavy atom. The van der Waals surface area contributed by atoms with Gasteiger partial charge in [-0.1, -0.05) is 24.3 Å². The molecule has 0 saturated heterocycles. The predicted molar refractivity (Wildman–Crippen MR) is 77.9 cm³/mol. The molecule has 2 rings (SSSR count). The summed E-state index contributed by atoms with van der Waals surface area (Å²) in [6.07, 6.45) is 0. The van der Waals surface area contributed by atoms with Crippen LogP contribution in [0.4, 0.5) is 0 Å². The maximum atomic E-state index is 12.6. The standard InChI is InChI=1S/C14H19N3O2S/c1-10-7-5-6-8-13(10)9-17(4)20(18,19)14-11(2)15-16-12(14)3/h5-8H,9H2,1-4H3,(H,15,16). The summed E-state index contributed by atoms with van der Waals surface area (Å²) in [6, 6.07) is 7.77. The Balaban J connectivity index is 2.34. The average molecular weight is 293 g/mol. The van der Waals surface area contributed by atoms with E-state index in [-0.39, 0.29) is 4.90 Å². The van der Waals surface area contributed by atoms with Crippen LogP contribution in [0.2, 0.25) is 0 Å². The van der Waals surface area contributed by atoms with Crippen molar-refractivity contribution in [3.05, 3.63) is 46.8 Å². The van der Waals surface area contributed by atoms with Crippen LogP contribution in [0.5, 0.6) is 0 Å². The van der Waals surface area contributed by atoms with E-state index in [4.69, 9.17) is 0 Å². The minimum atomic E-state index is -3.53. The number of sulfonamides is 1. The molecule has 0 fully saturated rings. The van der Waals surface area contributed by atoms with Crippen LogP contribution in [0.3, 0.4) is 0 Å². The third kappa shape index (κ3) is 2.62. The van der Waals surface area contributed by atoms with Gasteiger partial charge in [-0.3, -0.25) is 5.10 Å². The summed E-state index contributed by atoms with van der Waals surface area (Å²) in [4.78, 5) is 0.272. The molecule has 0 aliphatic rings. The molecule has 0 bridgehead atoms. The molecule has 0 unspecified atom stereocenters. The van der Waals surface area contributed by atoms with E-state index < -0.39 is 10.0 Å². The molecule has 0 aliphatic heterocycles. The fourth-order valence-corrected chi connectivity index (χ4v) is 3.66. The van der Waals surface area contributed by atoms with Gasteiger partial charge in [0.2, 0.25) is 10.0 Å². The quantitative estimate of drug-likeness (QED) is 0.939. The molecule has 0 saturated carbocycles. The number of rotatable bonds is 4. The van der Waals surface area contributed by atoms with E-state index in [9.17, 15) is 8.42 Å². The van der Waals surface area contributed by atoms with Crippen LogP contribution in [-0.4, -0.2) is 30.0 Å². The fourth-order valence-electron chi connectivity index (χ4n) is 2.19. The van der Waals surface area contributed by atoms with Gasteiger partial charge in [0.05, 0.1) is 11.4 Å². The van der Waals surface area contributed by atoms with Crippen LogP contribution in [0.1, 0.15) is 22.5 Å². The number of hydrogen-bond donors (Lipinski definition) is 1. The van der Waals surface area contributed by atoms with Gasteiger partial charge in [-0.05, 0) is 31.9 Å². The Labute approximate surface area is 119 Å². The summed E-state index contributed by atoms with van der Waals surface area (Å²) < 4.78 is 26.6. The SMILES string of the molecule is Cc1ccccc1CN(C)S(=O)(=O)c1c(C)n[nH]c1C. The van der Waals surface area contributed by atoms with Gasteiger partial charge in [-0.25, -0.2) is 8.42 Å². The second-order valence-corrected chi connectivity index (χ2v) is 6.93. The van der Waals surface area contributed by atoms with Gasteiger partial charge >= 0.3 is 0 Å². The second kappa shape index (κ2) is 5.38. The molecule has 6 heteroatoms. The molecule has 5 nitrogen and oxygen atoms in total. The van der Waals surface area contributed by atoms with Crippen molar-refractivity contribution in [3.8, 4) is 0 Å². The first-order chi connectivity index (χ1) is 9.34. The zero-order valence-corrected chi connectivity index (χ0v) is 13.0. The minimum absolute atomic E-state index is 0.272. The van der Waals surface area contributed by atoms with Crippen LogP contribution in [-0.2, 0) is 16.6 Å². The maximum Gasteiger partial charge on any atom is 0.246 e. The highest BCUT2D eigenvalue weighted by molar-refractivity contribution is 7.89. The van der Waals surface area contributed by atoms with E-state index in [1.54, 1.807) is 20.9 Å². The van der Waals surface area contributed by atoms with Crippen molar-refractivity contribution in [1.29, 1.82) is 0 Å². The molecule has 0 atom stereocenters. The topological polar surface area (TPSA) is 66.1 Å². The van der Waals surface area contributed by atoms with E-state index in [0.29, 0.717) is 17.9 Å². The molecule has 108 valence electrons. The van der Waals surface area contributed by atoms with Crippen LogP contribution < -0.4 is 0 Å². The molecule has 20 heavy (non-hydrogen) atoms. The summed E-state index contributed by atoms with van der Waals surface area (Å²) >= 11 is 0. The van der Waals surface area contributed by atoms with Crippen molar-refractivity contribution < 1.29 is 8.42 Å². The number of aromatic nitrogens is 2. The highest BCUT2D eigenvalue weighted by atomic mass is 32.2. The van der Waals surface area contributed by atoms with Gasteiger partial charge in [0.25, 0.3) is 0 Å². The molecule has 1 aromatic carbocycles. The molecule has 1 N–H and O–H groups in total. The zero-order chi connectivity index (χ0) is 14.9. The van der Waals surface area contributed by atoms with E-state index in [0.717, 1.165) is 11.1 Å². The molecule has 2 aromatic rings. The maximum absolute atomic E-state index is 12.6. The number of hydrogen-bond acceptors (Lipinski definition) is 3. The summed E-state index contributed by atoms with van der Waals surface area (Å²) in [5, 5.41) is 6.68. The number of nitrogens with one attached hydrogen (secondary N) is 1. The number of aromatic amines is 1. The molecule has 0 radical (unpaired) electrons. The van der Waals surface area contributed by atoms with Gasteiger partial charge < -0.3 is 0 Å². The van der Waals surface area contributed by atoms with Gasteiger partial charge in [-0.2, -0.15) is 9.40 Å². The largest absolute Gasteiger partial charge is 0.281 e. The molecular weight excluding hydrogens is 274 g/mol. The Hall–Kier alpha value is -1.66. The summed E-state index contributed by atoms with van der Waals surface area (Å²) in [5.74, 6) is 0. The number of nitrogens with zero attached hydrogens (tertiary/aromatic N) is 2. The molecule has 1 heterocycles. The summed E-state index contributed by atoms with van der Waals surface area (Å²) in [5.41, 5.74) is 3.14. The second-order valence-electron chi connectivity index (χ2n) is 4.95. The average Bonchev–Trinajstić information content (AvgIpc) is 2.72. The van der Waals surface area contributed by atoms with Crippen molar-refractivity contribution in [2.45, 2.75) is 32.2 Å². The summed E-state index contributed by atoms with van der Waals surface area (Å²) in [6.45, 7) is 5.73. The van der Waals surface area contributed by atoms with Crippen molar-refractivity contribution in [3.63, 3.8) is 0 Å². The third-order valence-corrected chi connectivity index (χ3v) is 5.45. The monoisotopic (exact) mass is 293 g/mol. The molecule has 0 amide bonds. The molecular formula is C14H19N3O2S. The fraction of sp³-hybridized carbons (Fsp3) is 0.357. The number of H-pyrrole nitrogens is 1. The Morgan fingerprint density at radius 2 is 1.85 bits per heavy atom. The van der Waals surface area contributed by atoms with Crippen molar-refractivity contribution in [2.75, 3.05) is 7.05 Å². The van der Waals surface area contributed by atoms with E-state index in [1.165, 1.54) is 4.31 Å². The van der Waals surface area contributed by atoms with Gasteiger partial charge in [0.1, 0.15) is 4.90 Å². The minimum Gasteiger partial charge on any atom is -0.281 e. The molecule has 0 spiro atoms. The lowest BCUT2D eigenvalue weighted by atomic mass is 10.1. The zero-order valence-electron chi connectivity index (χ0n) is 12.1. The molecule has 0 aliphatic carbocycles. The van der Waals surface area contributed by atoms with Crippen LogP contribution in [0.15, 0.2) is 29.2 Å². The van der Waals surface area contributed by atoms with Crippen LogP contribution in [0.25, 0.3) is 0 Å². The van der Waals surface area contributed by atoms with Gasteiger partial charge in [0.15, 0.2) is 0 Å². The van der Waals surface area contributed by atoms with Crippen LogP contribution >= 0.6 is 0 Å². The lowest BCUT2D eigenvalue weighted by Gasteiger charge is -2.18. The number of aryl methyl sites for hydroxylation is 3. The lowest BCUT2D eigenvalue weighted by Crippen LogP contribution is -2.27. The van der Waals surface area contributed by atoms with E-state index in [2.05, 4.69) is 10.2 Å². The van der Waals surface area contributed by atoms with Crippen molar-refractivity contribution in [2.24, 2.45) is 0 Å². The molecule has 1 aromatic heterocycles. The first kappa shape index (κ1) is 14.7. The number of benzene rings is 1. The Morgan fingerprint density at radius 3 is 2.40 bits per heavy atom. The van der Waals surface area contributed by atoms with Gasteiger partial charge in [0, 0.05) is 13.6 Å². The highest BCUT2D eigenvalue weighted by Crippen LogP contribution is 2.22. The highest BCUT2D eigenvalue weighted by Gasteiger charge is 2.27. The smallest absolute Gasteiger partial charge is 0.246 e. The Bertz CT molecular complexity index is 700. The normalized spacial score (nSPS) is 12.1. The van der Waals surface area contributed by atoms with Crippen molar-refractivity contribution in [1.82, 2.24) is 14.5 Å². The van der Waals surface area contributed by atoms with Crippen LogP contribution in [0, 0.1) is 20.8 Å². The third-order valence-electron chi connectivity index (χ3n) is 3.38. The predicted octanol–water partition coefficient (Wildman–Crippen LogP) is 2.16. The van der Waals surface area contributed by atoms with E-state index >= 15 is 0 Å². The lowest BCUT2D eigenvalue weighted by molar-refractivity contribution is 0.465. The van der Waals surface area contributed by atoms with Gasteiger partial charge in [-0.15, -0.1) is 0 Å². The Kier molecular flexibility index (Phi) is 3.96. The first-order valence-corrected chi connectivity index (χ1v) is 7.80. The first-order valence-electron chi connectivity index (χ1n) is 6.36. The van der Waals surface area contributed by atoms with Crippen molar-refractivity contribution >= 4 is 10.0 Å². The van der Waals surface area contributed by atoms with E-state index in [1.807, 2.05) is 31.2 Å². The summed E-state index contributed by atoms with van der Waals surface area (Å²) in [7, 11) is -1.94.